The molecule has 112 valence electrons. The highest BCUT2D eigenvalue weighted by Crippen LogP contribution is 2.38. The van der Waals surface area contributed by atoms with Crippen molar-refractivity contribution in [1.29, 1.82) is 0 Å². The van der Waals surface area contributed by atoms with Gasteiger partial charge in [-0.05, 0) is 32.0 Å². The van der Waals surface area contributed by atoms with E-state index >= 15 is 0 Å². The maximum Gasteiger partial charge on any atom is 0.190 e. The summed E-state index contributed by atoms with van der Waals surface area (Å²) in [6.07, 6.45) is 1.01. The highest BCUT2D eigenvalue weighted by atomic mass is 32.1. The van der Waals surface area contributed by atoms with E-state index in [2.05, 4.69) is 36.2 Å². The first kappa shape index (κ1) is 14.4. The fraction of sp³-hybridized carbons (Fsp3) is 0.438. The molecule has 0 amide bonds. The lowest BCUT2D eigenvalue weighted by Crippen LogP contribution is -2.17. The molecule has 0 atom stereocenters. The summed E-state index contributed by atoms with van der Waals surface area (Å²) in [6, 6.07) is 8.22. The second-order valence-electron chi connectivity index (χ2n) is 5.11. The van der Waals surface area contributed by atoms with Gasteiger partial charge in [-0.2, -0.15) is 0 Å². The normalized spacial score (nSPS) is 14.5. The Morgan fingerprint density at radius 1 is 1.38 bits per heavy atom. The zero-order chi connectivity index (χ0) is 14.7. The molecule has 1 aromatic heterocycles. The Labute approximate surface area is 129 Å². The number of benzene rings is 1. The lowest BCUT2D eigenvalue weighted by Gasteiger charge is -2.20. The van der Waals surface area contributed by atoms with Crippen molar-refractivity contribution in [3.63, 3.8) is 0 Å². The number of aryl methyl sites for hydroxylation is 1. The van der Waals surface area contributed by atoms with Gasteiger partial charge in [0.05, 0.1) is 18.0 Å². The average molecular weight is 303 g/mol. The predicted molar refractivity (Wildman–Crippen MR) is 87.8 cm³/mol. The SMILES string of the molecule is CCNCc1sc(N2CCCOc3ccccc32)nc1C. The largest absolute Gasteiger partial charge is 0.491 e. The van der Waals surface area contributed by atoms with Gasteiger partial charge in [0, 0.05) is 18.0 Å². The number of ether oxygens (including phenoxy) is 1. The molecule has 1 aliphatic heterocycles. The number of nitrogens with one attached hydrogen (secondary N) is 1. The minimum atomic E-state index is 0.766. The Bertz CT molecular complexity index is 611. The summed E-state index contributed by atoms with van der Waals surface area (Å²) >= 11 is 1.78. The summed E-state index contributed by atoms with van der Waals surface area (Å²) in [4.78, 5) is 8.38. The van der Waals surface area contributed by atoms with E-state index in [1.807, 2.05) is 12.1 Å². The van der Waals surface area contributed by atoms with Crippen molar-refractivity contribution in [2.45, 2.75) is 26.8 Å². The molecule has 0 spiro atoms. The molecule has 21 heavy (non-hydrogen) atoms. The van der Waals surface area contributed by atoms with Crippen molar-refractivity contribution in [2.24, 2.45) is 0 Å². The molecule has 0 fully saturated rings. The predicted octanol–water partition coefficient (Wildman–Crippen LogP) is 3.48. The van der Waals surface area contributed by atoms with Gasteiger partial charge in [0.1, 0.15) is 5.75 Å². The van der Waals surface area contributed by atoms with Crippen molar-refractivity contribution in [3.8, 4) is 5.75 Å². The number of anilines is 2. The monoisotopic (exact) mass is 303 g/mol. The van der Waals surface area contributed by atoms with E-state index in [9.17, 15) is 0 Å². The highest BCUT2D eigenvalue weighted by Gasteiger charge is 2.21. The molecule has 4 nitrogen and oxygen atoms in total. The fourth-order valence-electron chi connectivity index (χ4n) is 2.46. The minimum Gasteiger partial charge on any atom is -0.491 e. The molecule has 0 bridgehead atoms. The molecular weight excluding hydrogens is 282 g/mol. The third-order valence-corrected chi connectivity index (χ3v) is 4.77. The lowest BCUT2D eigenvalue weighted by molar-refractivity contribution is 0.322. The summed E-state index contributed by atoms with van der Waals surface area (Å²) < 4.78 is 5.82. The number of aromatic nitrogens is 1. The van der Waals surface area contributed by atoms with Crippen LogP contribution in [0.2, 0.25) is 0 Å². The lowest BCUT2D eigenvalue weighted by atomic mass is 10.2. The second kappa shape index (κ2) is 6.45. The van der Waals surface area contributed by atoms with Crippen LogP contribution in [-0.2, 0) is 6.54 Å². The van der Waals surface area contributed by atoms with Gasteiger partial charge in [0.2, 0.25) is 0 Å². The van der Waals surface area contributed by atoms with Gasteiger partial charge in [-0.3, -0.25) is 0 Å². The van der Waals surface area contributed by atoms with Gasteiger partial charge in [0.25, 0.3) is 0 Å². The van der Waals surface area contributed by atoms with Crippen molar-refractivity contribution in [2.75, 3.05) is 24.6 Å². The summed E-state index contributed by atoms with van der Waals surface area (Å²) in [7, 11) is 0. The summed E-state index contributed by atoms with van der Waals surface area (Å²) in [5.74, 6) is 0.955. The van der Waals surface area contributed by atoms with Crippen LogP contribution in [-0.4, -0.2) is 24.7 Å². The first-order valence-corrected chi connectivity index (χ1v) is 8.27. The molecule has 1 aromatic carbocycles. The Morgan fingerprint density at radius 2 is 2.24 bits per heavy atom. The van der Waals surface area contributed by atoms with Gasteiger partial charge in [-0.15, -0.1) is 0 Å². The van der Waals surface area contributed by atoms with Crippen molar-refractivity contribution >= 4 is 22.2 Å². The van der Waals surface area contributed by atoms with Crippen LogP contribution in [0.1, 0.15) is 23.9 Å². The van der Waals surface area contributed by atoms with Gasteiger partial charge in [0.15, 0.2) is 5.13 Å². The molecule has 2 heterocycles. The molecule has 0 aliphatic carbocycles. The van der Waals surface area contributed by atoms with E-state index in [1.54, 1.807) is 11.3 Å². The maximum atomic E-state index is 5.82. The maximum absolute atomic E-state index is 5.82. The summed E-state index contributed by atoms with van der Waals surface area (Å²) in [5, 5.41) is 4.45. The summed E-state index contributed by atoms with van der Waals surface area (Å²) in [5.41, 5.74) is 2.25. The van der Waals surface area contributed by atoms with E-state index in [1.165, 1.54) is 4.88 Å². The van der Waals surface area contributed by atoms with Crippen LogP contribution < -0.4 is 15.0 Å². The van der Waals surface area contributed by atoms with E-state index in [4.69, 9.17) is 9.72 Å². The van der Waals surface area contributed by atoms with E-state index in [-0.39, 0.29) is 0 Å². The van der Waals surface area contributed by atoms with Crippen LogP contribution in [0.15, 0.2) is 24.3 Å². The molecule has 5 heteroatoms. The summed E-state index contributed by atoms with van der Waals surface area (Å²) in [6.45, 7) is 7.80. The number of hydrogen-bond acceptors (Lipinski definition) is 5. The number of fused-ring (bicyclic) bond motifs is 1. The van der Waals surface area contributed by atoms with Gasteiger partial charge < -0.3 is 15.0 Å². The third kappa shape index (κ3) is 3.04. The number of rotatable bonds is 4. The van der Waals surface area contributed by atoms with Crippen LogP contribution in [0.3, 0.4) is 0 Å². The quantitative estimate of drug-likeness (QED) is 0.938. The number of nitrogens with zero attached hydrogens (tertiary/aromatic N) is 2. The van der Waals surface area contributed by atoms with Gasteiger partial charge in [-0.25, -0.2) is 4.98 Å². The average Bonchev–Trinajstić information content (AvgIpc) is 2.73. The smallest absolute Gasteiger partial charge is 0.190 e. The van der Waals surface area contributed by atoms with Gasteiger partial charge >= 0.3 is 0 Å². The molecule has 0 unspecified atom stereocenters. The van der Waals surface area contributed by atoms with E-state index < -0.39 is 0 Å². The van der Waals surface area contributed by atoms with Crippen molar-refractivity contribution in [1.82, 2.24) is 10.3 Å². The fourth-order valence-corrected chi connectivity index (χ4v) is 3.53. The molecular formula is C16H21N3OS. The zero-order valence-electron chi connectivity index (χ0n) is 12.6. The number of hydrogen-bond donors (Lipinski definition) is 1. The van der Waals surface area contributed by atoms with Crippen LogP contribution in [0.4, 0.5) is 10.8 Å². The first-order valence-electron chi connectivity index (χ1n) is 7.46. The molecule has 2 aromatic rings. The Kier molecular flexibility index (Phi) is 4.41. The number of para-hydroxylation sites is 2. The molecule has 1 N–H and O–H groups in total. The molecule has 3 rings (SSSR count). The van der Waals surface area contributed by atoms with Crippen LogP contribution in [0, 0.1) is 6.92 Å². The van der Waals surface area contributed by atoms with Gasteiger partial charge in [-0.1, -0.05) is 30.4 Å². The Balaban J connectivity index is 1.93. The van der Waals surface area contributed by atoms with Crippen molar-refractivity contribution < 1.29 is 4.74 Å². The van der Waals surface area contributed by atoms with Crippen LogP contribution in [0.5, 0.6) is 5.75 Å². The topological polar surface area (TPSA) is 37.4 Å². The molecule has 0 radical (unpaired) electrons. The standard InChI is InChI=1S/C16H21N3OS/c1-3-17-11-15-12(2)18-16(21-15)19-9-6-10-20-14-8-5-4-7-13(14)19/h4-5,7-8,17H,3,6,9-11H2,1-2H3. The Hall–Kier alpha value is -1.59. The Morgan fingerprint density at radius 3 is 3.10 bits per heavy atom. The van der Waals surface area contributed by atoms with Crippen LogP contribution in [0.25, 0.3) is 0 Å². The van der Waals surface area contributed by atoms with Crippen molar-refractivity contribution in [3.05, 3.63) is 34.8 Å². The second-order valence-corrected chi connectivity index (χ2v) is 6.17. The first-order chi connectivity index (χ1) is 10.3. The molecule has 1 aliphatic rings. The van der Waals surface area contributed by atoms with Crippen LogP contribution >= 0.6 is 11.3 Å². The number of thiazole rings is 1. The molecule has 0 saturated carbocycles. The van der Waals surface area contributed by atoms with E-state index in [0.29, 0.717) is 0 Å². The zero-order valence-corrected chi connectivity index (χ0v) is 13.4. The third-order valence-electron chi connectivity index (χ3n) is 3.59. The highest BCUT2D eigenvalue weighted by molar-refractivity contribution is 7.15. The minimum absolute atomic E-state index is 0.766. The van der Waals surface area contributed by atoms with E-state index in [0.717, 1.165) is 54.9 Å². The molecule has 0 saturated heterocycles.